The van der Waals surface area contributed by atoms with Crippen molar-refractivity contribution in [2.45, 2.75) is 117 Å². The van der Waals surface area contributed by atoms with Gasteiger partial charge in [0.15, 0.2) is 0 Å². The lowest BCUT2D eigenvalue weighted by atomic mass is 9.89. The Bertz CT molecular complexity index is 1200. The summed E-state index contributed by atoms with van der Waals surface area (Å²) in [7, 11) is 8.66. The molecule has 0 spiro atoms. The van der Waals surface area contributed by atoms with Gasteiger partial charge in [-0.1, -0.05) is 85.2 Å². The molecule has 0 aromatic heterocycles. The molecule has 1 aliphatic heterocycles. The summed E-state index contributed by atoms with van der Waals surface area (Å²) in [6, 6.07) is 8.23. The molecule has 1 aromatic carbocycles. The topological polar surface area (TPSA) is 121 Å². The van der Waals surface area contributed by atoms with Gasteiger partial charge in [0.25, 0.3) is 0 Å². The number of benzene rings is 1. The maximum atomic E-state index is 14.2. The average Bonchev–Trinajstić information content (AvgIpc) is 3.56. The summed E-state index contributed by atoms with van der Waals surface area (Å²) in [5.74, 6) is -1.13. The van der Waals surface area contributed by atoms with Crippen LogP contribution in [0.15, 0.2) is 30.3 Å². The highest BCUT2D eigenvalue weighted by Crippen LogP contribution is 2.29. The van der Waals surface area contributed by atoms with Crippen molar-refractivity contribution in [1.82, 2.24) is 25.3 Å². The number of ether oxygens (including phenoxy) is 2. The molecule has 1 aromatic rings. The van der Waals surface area contributed by atoms with Crippen molar-refractivity contribution in [3.63, 3.8) is 0 Å². The van der Waals surface area contributed by atoms with Crippen LogP contribution in [-0.4, -0.2) is 123 Å². The molecular formula is C39H67N5O6. The molecule has 1 saturated heterocycles. The van der Waals surface area contributed by atoms with Crippen LogP contribution in [0.3, 0.4) is 0 Å². The second-order valence-electron chi connectivity index (χ2n) is 15.0. The molecule has 1 aliphatic rings. The van der Waals surface area contributed by atoms with Crippen molar-refractivity contribution < 1.29 is 28.7 Å². The first-order chi connectivity index (χ1) is 23.6. The largest absolute Gasteiger partial charge is 0.379 e. The molecule has 50 heavy (non-hydrogen) atoms. The fourth-order valence-corrected chi connectivity index (χ4v) is 7.55. The summed E-state index contributed by atoms with van der Waals surface area (Å²) < 4.78 is 11.9. The minimum Gasteiger partial charge on any atom is -0.379 e. The highest BCUT2D eigenvalue weighted by atomic mass is 16.5. The fraction of sp³-hybridized carbons (Fsp3) is 0.744. The molecule has 1 heterocycles. The van der Waals surface area contributed by atoms with Crippen LogP contribution < -0.4 is 10.6 Å². The van der Waals surface area contributed by atoms with E-state index in [9.17, 15) is 19.2 Å². The van der Waals surface area contributed by atoms with E-state index in [0.717, 1.165) is 31.2 Å². The monoisotopic (exact) mass is 702 g/mol. The van der Waals surface area contributed by atoms with Gasteiger partial charge in [0, 0.05) is 34.4 Å². The summed E-state index contributed by atoms with van der Waals surface area (Å²) in [6.07, 6.45) is 2.06. The first kappa shape index (κ1) is 43.1. The molecule has 1 fully saturated rings. The van der Waals surface area contributed by atoms with Gasteiger partial charge >= 0.3 is 0 Å². The molecule has 2 rings (SSSR count). The van der Waals surface area contributed by atoms with Gasteiger partial charge in [0.1, 0.15) is 6.04 Å². The number of likely N-dealkylation sites (N-methyl/N-ethyl adjacent to an activating group) is 2. The predicted octanol–water partition coefficient (Wildman–Crippen LogP) is 3.99. The molecule has 0 saturated carbocycles. The SMILES string of the molecule is CC[C@H](C)[C@@H]([C@@H](CC(=O)N1CCC[C@H]1[C@H](OC)[C@@H](C)C(=O)NCCc1ccccc1)OC)N(C)C(=O)[C@@H](NC(=O)C(C(C)C)N(C)C)C(C)C. The van der Waals surface area contributed by atoms with Crippen LogP contribution in [0.2, 0.25) is 0 Å². The number of nitrogens with zero attached hydrogens (tertiary/aromatic N) is 3. The van der Waals surface area contributed by atoms with Crippen LogP contribution in [0.4, 0.5) is 0 Å². The van der Waals surface area contributed by atoms with Gasteiger partial charge in [-0.2, -0.15) is 0 Å². The normalized spacial score (nSPS) is 19.1. The lowest BCUT2D eigenvalue weighted by Gasteiger charge is -2.41. The van der Waals surface area contributed by atoms with Gasteiger partial charge in [-0.15, -0.1) is 0 Å². The van der Waals surface area contributed by atoms with Gasteiger partial charge in [-0.3, -0.25) is 24.1 Å². The smallest absolute Gasteiger partial charge is 0.245 e. The lowest BCUT2D eigenvalue weighted by Crippen LogP contribution is -2.59. The Morgan fingerprint density at radius 3 is 2.08 bits per heavy atom. The van der Waals surface area contributed by atoms with Crippen LogP contribution >= 0.6 is 0 Å². The molecule has 8 atom stereocenters. The van der Waals surface area contributed by atoms with E-state index in [1.807, 2.05) is 88.8 Å². The van der Waals surface area contributed by atoms with E-state index >= 15 is 0 Å². The van der Waals surface area contributed by atoms with E-state index in [0.29, 0.717) is 13.1 Å². The third-order valence-electron chi connectivity index (χ3n) is 10.5. The number of likely N-dealkylation sites (tertiary alicyclic amines) is 1. The summed E-state index contributed by atoms with van der Waals surface area (Å²) in [6.45, 7) is 14.9. The van der Waals surface area contributed by atoms with Crippen molar-refractivity contribution >= 4 is 23.6 Å². The molecule has 1 unspecified atom stereocenters. The molecular weight excluding hydrogens is 634 g/mol. The number of nitrogens with one attached hydrogen (secondary N) is 2. The highest BCUT2D eigenvalue weighted by Gasteiger charge is 2.43. The standard InChI is InChI=1S/C39H67N5O6/c1-13-27(6)35(43(10)39(48)33(25(2)3)41-38(47)34(26(4)5)42(8)9)31(49-11)24-32(45)44-23-17-20-30(44)36(50-12)28(7)37(46)40-22-21-29-18-15-14-16-19-29/h14-16,18-19,25-28,30-31,33-36H,13,17,20-24H2,1-12H3,(H,40,46)(H,41,47)/t27-,28+,30-,31+,33-,34?,35-,36+/m0/s1. The minimum absolute atomic E-state index is 0.0103. The van der Waals surface area contributed by atoms with Crippen molar-refractivity contribution in [1.29, 1.82) is 0 Å². The molecule has 2 N–H and O–H groups in total. The van der Waals surface area contributed by atoms with Crippen LogP contribution in [0.25, 0.3) is 0 Å². The molecule has 0 radical (unpaired) electrons. The van der Waals surface area contributed by atoms with Crippen LogP contribution in [0.5, 0.6) is 0 Å². The van der Waals surface area contributed by atoms with E-state index in [1.54, 1.807) is 26.2 Å². The van der Waals surface area contributed by atoms with E-state index < -0.39 is 30.2 Å². The number of hydrogen-bond acceptors (Lipinski definition) is 7. The summed E-state index contributed by atoms with van der Waals surface area (Å²) in [4.78, 5) is 60.3. The zero-order valence-corrected chi connectivity index (χ0v) is 32.9. The second-order valence-corrected chi connectivity index (χ2v) is 15.0. The number of amides is 4. The van der Waals surface area contributed by atoms with Gasteiger partial charge in [-0.05, 0) is 56.7 Å². The Hall–Kier alpha value is -3.02. The molecule has 0 aliphatic carbocycles. The number of rotatable bonds is 20. The first-order valence-electron chi connectivity index (χ1n) is 18.5. The van der Waals surface area contributed by atoms with Gasteiger partial charge in [0.05, 0.1) is 42.7 Å². The van der Waals surface area contributed by atoms with E-state index in [2.05, 4.69) is 24.5 Å². The molecule has 11 heteroatoms. The second kappa shape index (κ2) is 20.7. The summed E-state index contributed by atoms with van der Waals surface area (Å²) >= 11 is 0. The lowest BCUT2D eigenvalue weighted by molar-refractivity contribution is -0.148. The van der Waals surface area contributed by atoms with Crippen LogP contribution in [0.1, 0.15) is 79.7 Å². The molecule has 0 bridgehead atoms. The van der Waals surface area contributed by atoms with Gasteiger partial charge < -0.3 is 29.9 Å². The third-order valence-corrected chi connectivity index (χ3v) is 10.5. The van der Waals surface area contributed by atoms with Crippen molar-refractivity contribution in [2.75, 3.05) is 48.5 Å². The highest BCUT2D eigenvalue weighted by molar-refractivity contribution is 5.90. The van der Waals surface area contributed by atoms with Gasteiger partial charge in [-0.25, -0.2) is 0 Å². The van der Waals surface area contributed by atoms with Crippen molar-refractivity contribution in [3.05, 3.63) is 35.9 Å². The van der Waals surface area contributed by atoms with E-state index in [-0.39, 0.29) is 59.9 Å². The molecule has 284 valence electrons. The predicted molar refractivity (Wildman–Crippen MR) is 198 cm³/mol. The van der Waals surface area contributed by atoms with E-state index in [4.69, 9.17) is 9.47 Å². The van der Waals surface area contributed by atoms with Crippen molar-refractivity contribution in [3.8, 4) is 0 Å². The third kappa shape index (κ3) is 11.5. The maximum Gasteiger partial charge on any atom is 0.245 e. The van der Waals surface area contributed by atoms with Crippen molar-refractivity contribution in [2.24, 2.45) is 23.7 Å². The first-order valence-corrected chi connectivity index (χ1v) is 18.5. The van der Waals surface area contributed by atoms with Crippen LogP contribution in [-0.2, 0) is 35.1 Å². The van der Waals surface area contributed by atoms with E-state index in [1.165, 1.54) is 0 Å². The average molecular weight is 702 g/mol. The Kier molecular flexibility index (Phi) is 17.9. The molecule has 4 amide bonds. The quantitative estimate of drug-likeness (QED) is 0.211. The Morgan fingerprint density at radius 1 is 0.920 bits per heavy atom. The number of carbonyl (C=O) groups is 4. The Morgan fingerprint density at radius 2 is 1.56 bits per heavy atom. The number of carbonyl (C=O) groups excluding carboxylic acids is 4. The zero-order valence-electron chi connectivity index (χ0n) is 32.9. The number of methoxy groups -OCH3 is 2. The van der Waals surface area contributed by atoms with Gasteiger partial charge in [0.2, 0.25) is 23.6 Å². The Balaban J connectivity index is 2.21. The fourth-order valence-electron chi connectivity index (χ4n) is 7.55. The zero-order chi connectivity index (χ0) is 37.7. The minimum atomic E-state index is -0.737. The summed E-state index contributed by atoms with van der Waals surface area (Å²) in [5.41, 5.74) is 1.15. The molecule has 11 nitrogen and oxygen atoms in total. The number of hydrogen-bond donors (Lipinski definition) is 2. The van der Waals surface area contributed by atoms with Crippen LogP contribution in [0, 0.1) is 23.7 Å². The Labute approximate surface area is 302 Å². The summed E-state index contributed by atoms with van der Waals surface area (Å²) in [5, 5.41) is 6.09. The maximum absolute atomic E-state index is 14.2.